The van der Waals surface area contributed by atoms with Crippen LogP contribution in [0.25, 0.3) is 11.3 Å². The summed E-state index contributed by atoms with van der Waals surface area (Å²) in [4.78, 5) is 22.3. The van der Waals surface area contributed by atoms with Crippen molar-refractivity contribution in [2.45, 2.75) is 45.3 Å². The van der Waals surface area contributed by atoms with Crippen molar-refractivity contribution in [1.82, 2.24) is 20.4 Å². The van der Waals surface area contributed by atoms with Crippen LogP contribution in [0.4, 0.5) is 0 Å². The van der Waals surface area contributed by atoms with Crippen LogP contribution in [0.1, 0.15) is 60.6 Å². The molecular weight excluding hydrogens is 404 g/mol. The highest BCUT2D eigenvalue weighted by molar-refractivity contribution is 6.30. The molecule has 1 aromatic carbocycles. The van der Waals surface area contributed by atoms with Crippen molar-refractivity contribution in [2.75, 3.05) is 6.61 Å². The van der Waals surface area contributed by atoms with Crippen molar-refractivity contribution in [3.8, 4) is 11.3 Å². The molecule has 0 spiro atoms. The molecule has 0 bridgehead atoms. The summed E-state index contributed by atoms with van der Waals surface area (Å²) in [6.45, 7) is 6.03. The Morgan fingerprint density at radius 1 is 1.23 bits per heavy atom. The molecule has 2 aromatic heterocycles. The average Bonchev–Trinajstić information content (AvgIpc) is 3.39. The van der Waals surface area contributed by atoms with E-state index in [2.05, 4.69) is 15.5 Å². The maximum Gasteiger partial charge on any atom is 0.271 e. The number of rotatable bonds is 5. The van der Waals surface area contributed by atoms with Gasteiger partial charge in [-0.15, -0.1) is 0 Å². The Morgan fingerprint density at radius 3 is 2.73 bits per heavy atom. The molecule has 7 nitrogen and oxygen atoms in total. The monoisotopic (exact) mass is 426 g/mol. The minimum absolute atomic E-state index is 0.151. The summed E-state index contributed by atoms with van der Waals surface area (Å²) in [7, 11) is 0. The van der Waals surface area contributed by atoms with Crippen LogP contribution in [-0.2, 0) is 10.3 Å². The highest BCUT2D eigenvalue weighted by Gasteiger charge is 2.32. The second-order valence-electron chi connectivity index (χ2n) is 7.86. The van der Waals surface area contributed by atoms with E-state index in [0.717, 1.165) is 24.0 Å². The Hall–Kier alpha value is -2.77. The predicted octanol–water partition coefficient (Wildman–Crippen LogP) is 4.61. The second kappa shape index (κ2) is 8.16. The van der Waals surface area contributed by atoms with E-state index in [1.54, 1.807) is 13.0 Å². The van der Waals surface area contributed by atoms with Gasteiger partial charge in [-0.1, -0.05) is 35.0 Å². The van der Waals surface area contributed by atoms with Crippen LogP contribution in [0.5, 0.6) is 0 Å². The molecule has 1 aliphatic rings. The average molecular weight is 427 g/mol. The van der Waals surface area contributed by atoms with Crippen LogP contribution in [0.15, 0.2) is 40.9 Å². The summed E-state index contributed by atoms with van der Waals surface area (Å²) >= 11 is 6.14. The Kier molecular flexibility index (Phi) is 5.58. The van der Waals surface area contributed by atoms with Gasteiger partial charge in [0.2, 0.25) is 5.89 Å². The van der Waals surface area contributed by atoms with E-state index in [9.17, 15) is 4.79 Å². The van der Waals surface area contributed by atoms with E-state index < -0.39 is 5.54 Å². The van der Waals surface area contributed by atoms with Gasteiger partial charge in [0.1, 0.15) is 5.69 Å². The Morgan fingerprint density at radius 2 is 2.07 bits per heavy atom. The van der Waals surface area contributed by atoms with Crippen LogP contribution in [0.3, 0.4) is 0 Å². The van der Waals surface area contributed by atoms with E-state index in [-0.39, 0.29) is 12.0 Å². The van der Waals surface area contributed by atoms with Crippen molar-refractivity contribution < 1.29 is 14.1 Å². The number of aryl methyl sites for hydroxylation is 1. The summed E-state index contributed by atoms with van der Waals surface area (Å²) in [6.07, 6.45) is 1.66. The minimum atomic E-state index is -0.837. The summed E-state index contributed by atoms with van der Waals surface area (Å²) in [6, 6.07) is 11.2. The molecule has 1 aliphatic heterocycles. The zero-order valence-electron chi connectivity index (χ0n) is 17.1. The fourth-order valence-electron chi connectivity index (χ4n) is 3.50. The van der Waals surface area contributed by atoms with E-state index in [1.807, 2.05) is 44.2 Å². The lowest BCUT2D eigenvalue weighted by Crippen LogP contribution is -2.42. The number of hydrogen-bond donors (Lipinski definition) is 1. The van der Waals surface area contributed by atoms with Crippen molar-refractivity contribution in [2.24, 2.45) is 0 Å². The number of carbonyl (C=O) groups excluding carboxylic acids is 1. The Bertz CT molecular complexity index is 1070. The first-order valence-corrected chi connectivity index (χ1v) is 10.2. The smallest absolute Gasteiger partial charge is 0.271 e. The highest BCUT2D eigenvalue weighted by Crippen LogP contribution is 2.32. The van der Waals surface area contributed by atoms with Crippen LogP contribution in [0.2, 0.25) is 5.02 Å². The van der Waals surface area contributed by atoms with Gasteiger partial charge in [-0.2, -0.15) is 4.98 Å². The van der Waals surface area contributed by atoms with Gasteiger partial charge in [0.05, 0.1) is 17.3 Å². The van der Waals surface area contributed by atoms with E-state index in [4.69, 9.17) is 25.8 Å². The largest absolute Gasteiger partial charge is 0.373 e. The molecule has 0 radical (unpaired) electrons. The van der Waals surface area contributed by atoms with Gasteiger partial charge < -0.3 is 14.6 Å². The third-order valence-corrected chi connectivity index (χ3v) is 5.29. The quantitative estimate of drug-likeness (QED) is 0.640. The first-order chi connectivity index (χ1) is 14.3. The SMILES string of the molecule is Cc1nc(C(C)(C)NC(=O)c2nc(-c3cccc(Cl)c3)ccc2C2CCCO2)no1. The van der Waals surface area contributed by atoms with Crippen molar-refractivity contribution in [3.05, 3.63) is 64.4 Å². The fraction of sp³-hybridized carbons (Fsp3) is 0.364. The van der Waals surface area contributed by atoms with E-state index >= 15 is 0 Å². The van der Waals surface area contributed by atoms with Gasteiger partial charge in [0, 0.05) is 29.7 Å². The molecule has 4 rings (SSSR count). The Labute approximate surface area is 179 Å². The molecule has 156 valence electrons. The number of amides is 1. The van der Waals surface area contributed by atoms with Crippen molar-refractivity contribution >= 4 is 17.5 Å². The summed E-state index contributed by atoms with van der Waals surface area (Å²) in [5, 5.41) is 7.54. The van der Waals surface area contributed by atoms with Crippen molar-refractivity contribution in [1.29, 1.82) is 0 Å². The molecule has 3 heterocycles. The summed E-state index contributed by atoms with van der Waals surface area (Å²) in [5.74, 6) is 0.517. The van der Waals surface area contributed by atoms with E-state index in [0.29, 0.717) is 34.7 Å². The zero-order valence-corrected chi connectivity index (χ0v) is 17.9. The molecule has 1 amide bonds. The first-order valence-electron chi connectivity index (χ1n) is 9.85. The fourth-order valence-corrected chi connectivity index (χ4v) is 3.69. The van der Waals surface area contributed by atoms with Gasteiger partial charge in [0.15, 0.2) is 5.82 Å². The summed E-state index contributed by atoms with van der Waals surface area (Å²) < 4.78 is 10.9. The normalized spacial score (nSPS) is 16.6. The van der Waals surface area contributed by atoms with Crippen molar-refractivity contribution in [3.63, 3.8) is 0 Å². The standard InChI is InChI=1S/C22H23ClN4O3/c1-13-24-21(27-30-13)22(2,3)26-20(28)19-16(18-8-5-11-29-18)9-10-17(25-19)14-6-4-7-15(23)12-14/h4,6-7,9-10,12,18H,5,8,11H2,1-3H3,(H,26,28). The lowest BCUT2D eigenvalue weighted by Gasteiger charge is -2.23. The third-order valence-electron chi connectivity index (χ3n) is 5.05. The number of benzene rings is 1. The summed E-state index contributed by atoms with van der Waals surface area (Å²) in [5.41, 5.74) is 1.76. The number of ether oxygens (including phenoxy) is 1. The molecule has 8 heteroatoms. The molecule has 3 aromatic rings. The highest BCUT2D eigenvalue weighted by atomic mass is 35.5. The van der Waals surface area contributed by atoms with Gasteiger partial charge in [0.25, 0.3) is 5.91 Å². The van der Waals surface area contributed by atoms with E-state index in [1.165, 1.54) is 0 Å². The molecule has 0 saturated carbocycles. The third kappa shape index (κ3) is 4.22. The molecule has 30 heavy (non-hydrogen) atoms. The number of nitrogens with one attached hydrogen (secondary N) is 1. The van der Waals surface area contributed by atoms with Crippen LogP contribution >= 0.6 is 11.6 Å². The molecule has 1 fully saturated rings. The van der Waals surface area contributed by atoms with Gasteiger partial charge in [-0.25, -0.2) is 4.98 Å². The number of halogens is 1. The van der Waals surface area contributed by atoms with Crippen LogP contribution in [-0.4, -0.2) is 27.6 Å². The maximum absolute atomic E-state index is 13.3. The van der Waals surface area contributed by atoms with Crippen LogP contribution in [0, 0.1) is 6.92 Å². The lowest BCUT2D eigenvalue weighted by molar-refractivity contribution is 0.0878. The lowest BCUT2D eigenvalue weighted by atomic mass is 10.00. The number of nitrogens with zero attached hydrogens (tertiary/aromatic N) is 3. The maximum atomic E-state index is 13.3. The van der Waals surface area contributed by atoms with Gasteiger partial charge in [-0.3, -0.25) is 4.79 Å². The first kappa shape index (κ1) is 20.5. The number of aromatic nitrogens is 3. The minimum Gasteiger partial charge on any atom is -0.373 e. The molecular formula is C22H23ClN4O3. The second-order valence-corrected chi connectivity index (χ2v) is 8.30. The number of carbonyl (C=O) groups is 1. The van der Waals surface area contributed by atoms with Gasteiger partial charge in [-0.05, 0) is 44.9 Å². The predicted molar refractivity (Wildman–Crippen MR) is 112 cm³/mol. The zero-order chi connectivity index (χ0) is 21.3. The molecule has 1 N–H and O–H groups in total. The molecule has 1 atom stereocenters. The van der Waals surface area contributed by atoms with Crippen LogP contribution < -0.4 is 5.32 Å². The van der Waals surface area contributed by atoms with Gasteiger partial charge >= 0.3 is 0 Å². The Balaban J connectivity index is 1.71. The topological polar surface area (TPSA) is 90.1 Å². The number of pyridine rings is 1. The molecule has 0 aliphatic carbocycles. The molecule has 1 saturated heterocycles. The molecule has 1 unspecified atom stereocenters. The number of hydrogen-bond acceptors (Lipinski definition) is 6.